The van der Waals surface area contributed by atoms with Crippen molar-refractivity contribution in [1.29, 1.82) is 0 Å². The fourth-order valence-electron chi connectivity index (χ4n) is 3.80. The molecule has 0 atom stereocenters. The number of halogens is 1. The number of nitrogen functional groups attached to an aromatic ring is 1. The molecule has 150 valence electrons. The van der Waals surface area contributed by atoms with Crippen LogP contribution >= 0.6 is 0 Å². The van der Waals surface area contributed by atoms with Crippen molar-refractivity contribution in [1.82, 2.24) is 19.9 Å². The van der Waals surface area contributed by atoms with E-state index >= 15 is 0 Å². The molecule has 0 bridgehead atoms. The van der Waals surface area contributed by atoms with Crippen molar-refractivity contribution in [3.05, 3.63) is 54.1 Å². The van der Waals surface area contributed by atoms with Gasteiger partial charge in [0.1, 0.15) is 17.5 Å². The van der Waals surface area contributed by atoms with Crippen LogP contribution in [0.25, 0.3) is 11.4 Å². The fraction of sp³-hybridized carbons (Fsp3) is 0.333. The van der Waals surface area contributed by atoms with Crippen LogP contribution < -0.4 is 16.4 Å². The van der Waals surface area contributed by atoms with Crippen molar-refractivity contribution in [3.63, 3.8) is 0 Å². The van der Waals surface area contributed by atoms with Crippen LogP contribution in [0.2, 0.25) is 0 Å². The van der Waals surface area contributed by atoms with Gasteiger partial charge in [-0.1, -0.05) is 12.1 Å². The zero-order chi connectivity index (χ0) is 20.4. The molecule has 4 rings (SSSR count). The molecule has 1 aliphatic rings. The summed E-state index contributed by atoms with van der Waals surface area (Å²) in [6.45, 7) is 0. The number of nitrogens with two attached hydrogens (primary N) is 2. The minimum atomic E-state index is -0.363. The maximum Gasteiger partial charge on any atom is 0.221 e. The van der Waals surface area contributed by atoms with Gasteiger partial charge in [0.25, 0.3) is 0 Å². The topological polar surface area (TPSA) is 107 Å². The number of nitrogens with zero attached hydrogens (tertiary/aromatic N) is 5. The molecule has 1 aromatic carbocycles. The average Bonchev–Trinajstić information content (AvgIpc) is 2.74. The molecular formula is C21H24FN7. The lowest BCUT2D eigenvalue weighted by atomic mass is 9.82. The van der Waals surface area contributed by atoms with Crippen molar-refractivity contribution in [2.75, 3.05) is 17.7 Å². The Bertz CT molecular complexity index is 1000. The summed E-state index contributed by atoms with van der Waals surface area (Å²) in [5, 5.41) is 0. The first-order valence-electron chi connectivity index (χ1n) is 9.72. The number of rotatable bonds is 4. The van der Waals surface area contributed by atoms with Gasteiger partial charge >= 0.3 is 0 Å². The number of anilines is 3. The summed E-state index contributed by atoms with van der Waals surface area (Å²) in [6.07, 6.45) is 7.34. The van der Waals surface area contributed by atoms with E-state index in [1.165, 1.54) is 6.07 Å². The number of hydrogen-bond acceptors (Lipinski definition) is 7. The van der Waals surface area contributed by atoms with Gasteiger partial charge in [0.2, 0.25) is 5.95 Å². The molecule has 7 nitrogen and oxygen atoms in total. The largest absolute Gasteiger partial charge is 0.368 e. The van der Waals surface area contributed by atoms with E-state index in [0.29, 0.717) is 28.9 Å². The first kappa shape index (κ1) is 19.2. The Morgan fingerprint density at radius 2 is 1.79 bits per heavy atom. The quantitative estimate of drug-likeness (QED) is 0.699. The molecule has 0 radical (unpaired) electrons. The zero-order valence-electron chi connectivity index (χ0n) is 16.3. The first-order chi connectivity index (χ1) is 14.0. The van der Waals surface area contributed by atoms with Crippen molar-refractivity contribution in [3.8, 4) is 11.4 Å². The van der Waals surface area contributed by atoms with Gasteiger partial charge in [-0.3, -0.25) is 0 Å². The smallest absolute Gasteiger partial charge is 0.221 e. The summed E-state index contributed by atoms with van der Waals surface area (Å²) in [7, 11) is 1.87. The van der Waals surface area contributed by atoms with Crippen molar-refractivity contribution in [2.45, 2.75) is 37.6 Å². The van der Waals surface area contributed by atoms with E-state index in [1.54, 1.807) is 36.7 Å². The molecule has 0 spiro atoms. The molecular weight excluding hydrogens is 369 g/mol. The van der Waals surface area contributed by atoms with Crippen molar-refractivity contribution < 1.29 is 4.39 Å². The second-order valence-corrected chi connectivity index (χ2v) is 7.40. The van der Waals surface area contributed by atoms with E-state index in [9.17, 15) is 4.39 Å². The van der Waals surface area contributed by atoms with Crippen LogP contribution in [0.4, 0.5) is 22.0 Å². The molecule has 3 aromatic rings. The fourth-order valence-corrected chi connectivity index (χ4v) is 3.80. The van der Waals surface area contributed by atoms with Crippen LogP contribution in [0.3, 0.4) is 0 Å². The summed E-state index contributed by atoms with van der Waals surface area (Å²) in [6, 6.07) is 8.48. The summed E-state index contributed by atoms with van der Waals surface area (Å²) in [5.74, 6) is 1.78. The molecule has 0 unspecified atom stereocenters. The van der Waals surface area contributed by atoms with E-state index < -0.39 is 0 Å². The summed E-state index contributed by atoms with van der Waals surface area (Å²) in [4.78, 5) is 19.4. The third-order valence-corrected chi connectivity index (χ3v) is 5.44. The molecule has 8 heteroatoms. The van der Waals surface area contributed by atoms with Gasteiger partial charge in [-0.2, -0.15) is 4.98 Å². The molecule has 0 aliphatic heterocycles. The standard InChI is InChI=1S/C21H24FN7/c1-29(18-10-11-25-19(27-18)15-4-2-3-5-17(15)22)20-16(12-26-21(24)28-20)13-6-8-14(23)9-7-13/h2-5,10-14H,6-9,23H2,1H3,(H2,24,26,28). The normalized spacial score (nSPS) is 19.1. The highest BCUT2D eigenvalue weighted by molar-refractivity contribution is 5.64. The second kappa shape index (κ2) is 8.08. The minimum absolute atomic E-state index is 0.200. The van der Waals surface area contributed by atoms with Gasteiger partial charge in [0.05, 0.1) is 5.56 Å². The number of aromatic nitrogens is 4. The Kier molecular flexibility index (Phi) is 5.35. The lowest BCUT2D eigenvalue weighted by Gasteiger charge is -2.29. The van der Waals surface area contributed by atoms with Crippen LogP contribution in [0.5, 0.6) is 0 Å². The van der Waals surface area contributed by atoms with Crippen LogP contribution in [-0.4, -0.2) is 33.0 Å². The van der Waals surface area contributed by atoms with E-state index in [-0.39, 0.29) is 17.8 Å². The Balaban J connectivity index is 1.70. The third kappa shape index (κ3) is 4.02. The Labute approximate surface area is 169 Å². The van der Waals surface area contributed by atoms with E-state index in [2.05, 4.69) is 19.9 Å². The van der Waals surface area contributed by atoms with Crippen LogP contribution in [-0.2, 0) is 0 Å². The van der Waals surface area contributed by atoms with Gasteiger partial charge in [-0.05, 0) is 49.8 Å². The molecule has 1 fully saturated rings. The lowest BCUT2D eigenvalue weighted by molar-refractivity contribution is 0.395. The molecule has 29 heavy (non-hydrogen) atoms. The third-order valence-electron chi connectivity index (χ3n) is 5.44. The molecule has 0 saturated heterocycles. The van der Waals surface area contributed by atoms with Crippen LogP contribution in [0.1, 0.15) is 37.2 Å². The van der Waals surface area contributed by atoms with Gasteiger partial charge in [-0.15, -0.1) is 0 Å². The molecule has 2 heterocycles. The van der Waals surface area contributed by atoms with E-state index in [4.69, 9.17) is 11.5 Å². The van der Waals surface area contributed by atoms with Crippen molar-refractivity contribution in [2.24, 2.45) is 5.73 Å². The highest BCUT2D eigenvalue weighted by atomic mass is 19.1. The van der Waals surface area contributed by atoms with Gasteiger partial charge in [0, 0.05) is 31.0 Å². The molecule has 0 amide bonds. The molecule has 2 aromatic heterocycles. The molecule has 1 aliphatic carbocycles. The molecule has 1 saturated carbocycles. The predicted molar refractivity (Wildman–Crippen MR) is 111 cm³/mol. The average molecular weight is 393 g/mol. The highest BCUT2D eigenvalue weighted by Gasteiger charge is 2.25. The van der Waals surface area contributed by atoms with Crippen LogP contribution in [0.15, 0.2) is 42.7 Å². The Hall–Kier alpha value is -3.13. The van der Waals surface area contributed by atoms with E-state index in [1.807, 2.05) is 11.9 Å². The minimum Gasteiger partial charge on any atom is -0.368 e. The molecule has 4 N–H and O–H groups in total. The van der Waals surface area contributed by atoms with Gasteiger partial charge < -0.3 is 16.4 Å². The summed E-state index contributed by atoms with van der Waals surface area (Å²) in [5.41, 5.74) is 13.3. The Morgan fingerprint density at radius 1 is 1.03 bits per heavy atom. The van der Waals surface area contributed by atoms with Crippen molar-refractivity contribution >= 4 is 17.6 Å². The van der Waals surface area contributed by atoms with E-state index in [0.717, 1.165) is 31.2 Å². The zero-order valence-corrected chi connectivity index (χ0v) is 16.3. The predicted octanol–water partition coefficient (Wildman–Crippen LogP) is 3.41. The lowest BCUT2D eigenvalue weighted by Crippen LogP contribution is -2.27. The maximum absolute atomic E-state index is 14.2. The van der Waals surface area contributed by atoms with Crippen LogP contribution in [0, 0.1) is 5.82 Å². The van der Waals surface area contributed by atoms with Gasteiger partial charge in [0.15, 0.2) is 5.82 Å². The summed E-state index contributed by atoms with van der Waals surface area (Å²) < 4.78 is 14.2. The number of hydrogen-bond donors (Lipinski definition) is 2. The SMILES string of the molecule is CN(c1ccnc(-c2ccccc2F)n1)c1nc(N)ncc1C1CCC(N)CC1. The monoisotopic (exact) mass is 393 g/mol. The Morgan fingerprint density at radius 3 is 2.55 bits per heavy atom. The maximum atomic E-state index is 14.2. The number of benzene rings is 1. The summed E-state index contributed by atoms with van der Waals surface area (Å²) >= 11 is 0. The van der Waals surface area contributed by atoms with Gasteiger partial charge in [-0.25, -0.2) is 19.3 Å². The first-order valence-corrected chi connectivity index (χ1v) is 9.72. The highest BCUT2D eigenvalue weighted by Crippen LogP contribution is 2.38. The second-order valence-electron chi connectivity index (χ2n) is 7.40.